The normalized spacial score (nSPS) is 11.3. The smallest absolute Gasteiger partial charge is 0.345 e. The second kappa shape index (κ2) is 3.61. The molecule has 2 aromatic rings. The Morgan fingerprint density at radius 3 is 2.87 bits per heavy atom. The van der Waals surface area contributed by atoms with Crippen molar-refractivity contribution in [3.63, 3.8) is 0 Å². The van der Waals surface area contributed by atoms with Crippen LogP contribution in [0.3, 0.4) is 0 Å². The molecule has 76 valence electrons. The summed E-state index contributed by atoms with van der Waals surface area (Å²) in [6.45, 7) is 1.93. The van der Waals surface area contributed by atoms with Crippen LogP contribution in [0.1, 0.15) is 12.5 Å². The summed E-state index contributed by atoms with van der Waals surface area (Å²) < 4.78 is 4.82. The van der Waals surface area contributed by atoms with Gasteiger partial charge < -0.3 is 10.2 Å². The maximum atomic E-state index is 11.5. The van der Waals surface area contributed by atoms with E-state index in [0.717, 1.165) is 10.9 Å². The van der Waals surface area contributed by atoms with Crippen LogP contribution in [0.15, 0.2) is 39.6 Å². The third-order valence-electron chi connectivity index (χ3n) is 2.16. The second-order valence-electron chi connectivity index (χ2n) is 3.28. The minimum Gasteiger partial charge on any atom is -0.406 e. The number of hydrogen-bond donors (Lipinski definition) is 1. The fraction of sp³-hybridized carbons (Fsp3) is 0.0833. The number of nitrogens with two attached hydrogens (primary N) is 1. The van der Waals surface area contributed by atoms with Gasteiger partial charge in [0, 0.05) is 6.07 Å². The van der Waals surface area contributed by atoms with Crippen LogP contribution in [0.2, 0.25) is 0 Å². The van der Waals surface area contributed by atoms with E-state index in [1.54, 1.807) is 12.1 Å². The van der Waals surface area contributed by atoms with Crippen LogP contribution >= 0.6 is 0 Å². The van der Waals surface area contributed by atoms with E-state index >= 15 is 0 Å². The first kappa shape index (κ1) is 9.52. The number of rotatable bonds is 1. The van der Waals surface area contributed by atoms with Crippen molar-refractivity contribution in [1.82, 2.24) is 0 Å². The fourth-order valence-electron chi connectivity index (χ4n) is 1.52. The summed E-state index contributed by atoms with van der Waals surface area (Å²) in [6.07, 6.45) is 3.84. The van der Waals surface area contributed by atoms with Crippen LogP contribution in [0.4, 0.5) is 5.88 Å². The van der Waals surface area contributed by atoms with Crippen LogP contribution in [-0.2, 0) is 0 Å². The lowest BCUT2D eigenvalue weighted by atomic mass is 10.1. The molecule has 0 unspecified atom stereocenters. The zero-order valence-corrected chi connectivity index (χ0v) is 8.36. The molecule has 0 bridgehead atoms. The Morgan fingerprint density at radius 1 is 1.33 bits per heavy atom. The third-order valence-corrected chi connectivity index (χ3v) is 2.16. The molecule has 1 heterocycles. The Balaban J connectivity index is 2.77. The Kier molecular flexibility index (Phi) is 2.29. The number of fused-ring (bicyclic) bond motifs is 1. The molecule has 15 heavy (non-hydrogen) atoms. The van der Waals surface area contributed by atoms with E-state index in [-0.39, 0.29) is 5.88 Å². The Hall–Kier alpha value is -2.03. The monoisotopic (exact) mass is 201 g/mol. The SMILES string of the molecule is CC=Cc1ccc2cc(N)oc(=O)c2c1. The Morgan fingerprint density at radius 2 is 2.13 bits per heavy atom. The van der Waals surface area contributed by atoms with Crippen molar-refractivity contribution in [2.24, 2.45) is 0 Å². The number of nitrogen functional groups attached to an aromatic ring is 1. The fourth-order valence-corrected chi connectivity index (χ4v) is 1.52. The van der Waals surface area contributed by atoms with Crippen LogP contribution in [0, 0.1) is 0 Å². The van der Waals surface area contributed by atoms with Gasteiger partial charge in [-0.3, -0.25) is 0 Å². The van der Waals surface area contributed by atoms with Crippen molar-refractivity contribution >= 4 is 22.7 Å². The molecule has 0 radical (unpaired) electrons. The lowest BCUT2D eigenvalue weighted by molar-refractivity contribution is 0.540. The van der Waals surface area contributed by atoms with Crippen molar-refractivity contribution in [3.05, 3.63) is 46.3 Å². The van der Waals surface area contributed by atoms with Crippen molar-refractivity contribution in [3.8, 4) is 0 Å². The molecule has 0 aliphatic heterocycles. The molecule has 1 aromatic carbocycles. The topological polar surface area (TPSA) is 56.2 Å². The first-order valence-electron chi connectivity index (χ1n) is 4.67. The predicted octanol–water partition coefficient (Wildman–Crippen LogP) is 2.41. The van der Waals surface area contributed by atoms with Crippen LogP contribution in [-0.4, -0.2) is 0 Å². The van der Waals surface area contributed by atoms with Crippen molar-refractivity contribution in [2.75, 3.05) is 5.73 Å². The molecule has 0 fully saturated rings. The second-order valence-corrected chi connectivity index (χ2v) is 3.28. The quantitative estimate of drug-likeness (QED) is 0.770. The summed E-state index contributed by atoms with van der Waals surface area (Å²) in [6, 6.07) is 7.23. The summed E-state index contributed by atoms with van der Waals surface area (Å²) in [5.41, 5.74) is 6.02. The molecular formula is C12H11NO2. The van der Waals surface area contributed by atoms with Gasteiger partial charge in [0.05, 0.1) is 5.39 Å². The predicted molar refractivity (Wildman–Crippen MR) is 61.6 cm³/mol. The van der Waals surface area contributed by atoms with E-state index in [9.17, 15) is 4.79 Å². The van der Waals surface area contributed by atoms with Gasteiger partial charge in [-0.05, 0) is 23.9 Å². The molecule has 2 N–H and O–H groups in total. The van der Waals surface area contributed by atoms with Gasteiger partial charge in [0.25, 0.3) is 0 Å². The minimum absolute atomic E-state index is 0.145. The summed E-state index contributed by atoms with van der Waals surface area (Å²) in [5, 5.41) is 1.36. The van der Waals surface area contributed by atoms with Gasteiger partial charge >= 0.3 is 5.63 Å². The molecule has 3 heteroatoms. The van der Waals surface area contributed by atoms with Gasteiger partial charge in [-0.25, -0.2) is 4.79 Å². The highest BCUT2D eigenvalue weighted by molar-refractivity contribution is 5.84. The maximum absolute atomic E-state index is 11.5. The summed E-state index contributed by atoms with van der Waals surface area (Å²) in [4.78, 5) is 11.5. The highest BCUT2D eigenvalue weighted by Crippen LogP contribution is 2.16. The maximum Gasteiger partial charge on any atom is 0.345 e. The molecule has 0 amide bonds. The number of anilines is 1. The van der Waals surface area contributed by atoms with E-state index in [0.29, 0.717) is 5.39 Å². The van der Waals surface area contributed by atoms with Gasteiger partial charge in [-0.15, -0.1) is 0 Å². The Labute approximate surface area is 86.8 Å². The number of benzene rings is 1. The molecule has 0 saturated heterocycles. The summed E-state index contributed by atoms with van der Waals surface area (Å²) in [7, 11) is 0. The molecule has 0 spiro atoms. The molecule has 0 saturated carbocycles. The van der Waals surface area contributed by atoms with Crippen LogP contribution in [0.5, 0.6) is 0 Å². The first-order chi connectivity index (χ1) is 7.20. The minimum atomic E-state index is -0.392. The van der Waals surface area contributed by atoms with E-state index in [2.05, 4.69) is 0 Å². The summed E-state index contributed by atoms with van der Waals surface area (Å²) >= 11 is 0. The molecule has 2 rings (SSSR count). The average Bonchev–Trinajstić information content (AvgIpc) is 2.19. The van der Waals surface area contributed by atoms with E-state index < -0.39 is 5.63 Å². The molecule has 1 aromatic heterocycles. The van der Waals surface area contributed by atoms with Crippen molar-refractivity contribution < 1.29 is 4.42 Å². The van der Waals surface area contributed by atoms with E-state index in [1.807, 2.05) is 31.2 Å². The van der Waals surface area contributed by atoms with Gasteiger partial charge in [0.15, 0.2) is 5.88 Å². The average molecular weight is 201 g/mol. The van der Waals surface area contributed by atoms with E-state index in [1.165, 1.54) is 0 Å². The molecular weight excluding hydrogens is 190 g/mol. The highest BCUT2D eigenvalue weighted by atomic mass is 16.4. The highest BCUT2D eigenvalue weighted by Gasteiger charge is 2.02. The van der Waals surface area contributed by atoms with E-state index in [4.69, 9.17) is 10.2 Å². The van der Waals surface area contributed by atoms with Gasteiger partial charge in [0.2, 0.25) is 0 Å². The third kappa shape index (κ3) is 1.76. The van der Waals surface area contributed by atoms with Crippen LogP contribution < -0.4 is 11.4 Å². The van der Waals surface area contributed by atoms with Crippen molar-refractivity contribution in [2.45, 2.75) is 6.92 Å². The largest absolute Gasteiger partial charge is 0.406 e. The van der Waals surface area contributed by atoms with Gasteiger partial charge in [0.1, 0.15) is 0 Å². The summed E-state index contributed by atoms with van der Waals surface area (Å²) in [5.74, 6) is 0.145. The molecule has 3 nitrogen and oxygen atoms in total. The molecule has 0 aliphatic rings. The number of allylic oxidation sites excluding steroid dienone is 1. The molecule has 0 aliphatic carbocycles. The first-order valence-corrected chi connectivity index (χ1v) is 4.67. The van der Waals surface area contributed by atoms with Crippen LogP contribution in [0.25, 0.3) is 16.8 Å². The van der Waals surface area contributed by atoms with Gasteiger partial charge in [-0.2, -0.15) is 0 Å². The van der Waals surface area contributed by atoms with Crippen molar-refractivity contribution in [1.29, 1.82) is 0 Å². The zero-order chi connectivity index (χ0) is 10.8. The lowest BCUT2D eigenvalue weighted by Gasteiger charge is -1.99. The molecule has 0 atom stereocenters. The standard InChI is InChI=1S/C12H11NO2/c1-2-3-8-4-5-9-7-11(13)15-12(14)10(9)6-8/h2-7H,13H2,1H3. The number of hydrogen-bond acceptors (Lipinski definition) is 3. The lowest BCUT2D eigenvalue weighted by Crippen LogP contribution is -2.01. The zero-order valence-electron chi connectivity index (χ0n) is 8.36. The Bertz CT molecular complexity index is 582. The van der Waals surface area contributed by atoms with Gasteiger partial charge in [-0.1, -0.05) is 24.3 Å².